The Morgan fingerprint density at radius 1 is 1.23 bits per heavy atom. The van der Waals surface area contributed by atoms with Crippen molar-refractivity contribution in [3.63, 3.8) is 0 Å². The normalized spacial score (nSPS) is 13.7. The summed E-state index contributed by atoms with van der Waals surface area (Å²) in [5.41, 5.74) is 0. The number of aromatic nitrogens is 2. The van der Waals surface area contributed by atoms with Crippen LogP contribution < -0.4 is 10.4 Å². The lowest BCUT2D eigenvalue weighted by Gasteiger charge is -1.90. The molecule has 0 saturated heterocycles. The van der Waals surface area contributed by atoms with Crippen molar-refractivity contribution >= 4 is 12.2 Å². The van der Waals surface area contributed by atoms with Crippen molar-refractivity contribution in [3.8, 4) is 0 Å². The third-order valence-corrected chi connectivity index (χ3v) is 1.69. The van der Waals surface area contributed by atoms with E-state index in [1.165, 1.54) is 0 Å². The minimum Gasteiger partial charge on any atom is -0.381 e. The van der Waals surface area contributed by atoms with Crippen molar-refractivity contribution in [2.24, 2.45) is 0 Å². The van der Waals surface area contributed by atoms with Crippen molar-refractivity contribution in [1.29, 1.82) is 0 Å². The van der Waals surface area contributed by atoms with E-state index in [0.717, 1.165) is 16.9 Å². The van der Waals surface area contributed by atoms with Gasteiger partial charge in [-0.1, -0.05) is 13.0 Å². The number of ether oxygens (including phenoxy) is 1. The summed E-state index contributed by atoms with van der Waals surface area (Å²) in [6.45, 7) is 2.71. The van der Waals surface area contributed by atoms with Gasteiger partial charge in [0.25, 0.3) is 0 Å². The molecular weight excluding hydrogens is 164 g/mol. The van der Waals surface area contributed by atoms with Gasteiger partial charge in [0, 0.05) is 12.3 Å². The number of hydrogen-bond donors (Lipinski definition) is 0. The molecule has 70 valence electrons. The topological polar surface area (TPSA) is 35.0 Å². The second kappa shape index (κ2) is 5.43. The van der Waals surface area contributed by atoms with Crippen LogP contribution in [-0.2, 0) is 4.74 Å². The second-order valence-electron chi connectivity index (χ2n) is 2.67. The van der Waals surface area contributed by atoms with Crippen LogP contribution in [0.4, 0.5) is 0 Å². The van der Waals surface area contributed by atoms with E-state index in [9.17, 15) is 0 Å². The Labute approximate surface area is 77.8 Å². The summed E-state index contributed by atoms with van der Waals surface area (Å²) >= 11 is 0. The zero-order chi connectivity index (χ0) is 9.52. The van der Waals surface area contributed by atoms with Crippen LogP contribution in [0.25, 0.3) is 12.2 Å². The van der Waals surface area contributed by atoms with Gasteiger partial charge >= 0.3 is 0 Å². The molecule has 0 aliphatic rings. The van der Waals surface area contributed by atoms with Crippen molar-refractivity contribution in [2.75, 3.05) is 13.7 Å². The highest BCUT2D eigenvalue weighted by Crippen LogP contribution is 1.73. The standard InChI is InChI=1S/C10H14N2O/c1-3-4-9-7-11-12-8-10(9)5-6-13-2/h4-5,7-8H,3,6H2,1-2H3/b9-4-,10-5-. The highest BCUT2D eigenvalue weighted by atomic mass is 16.5. The molecule has 0 aliphatic carbocycles. The molecule has 0 fully saturated rings. The first kappa shape index (κ1) is 9.86. The largest absolute Gasteiger partial charge is 0.381 e. The molecule has 3 heteroatoms. The molecule has 1 rings (SSSR count). The third-order valence-electron chi connectivity index (χ3n) is 1.69. The second-order valence-corrected chi connectivity index (χ2v) is 2.67. The quantitative estimate of drug-likeness (QED) is 0.658. The molecule has 0 amide bonds. The number of hydrogen-bond acceptors (Lipinski definition) is 3. The highest BCUT2D eigenvalue weighted by Gasteiger charge is 1.84. The van der Waals surface area contributed by atoms with Crippen molar-refractivity contribution < 1.29 is 4.74 Å². The molecule has 0 unspecified atom stereocenters. The van der Waals surface area contributed by atoms with Gasteiger partial charge in [0.05, 0.1) is 19.0 Å². The van der Waals surface area contributed by atoms with Crippen LogP contribution in [0, 0.1) is 0 Å². The van der Waals surface area contributed by atoms with Crippen LogP contribution in [0.3, 0.4) is 0 Å². The van der Waals surface area contributed by atoms with Crippen molar-refractivity contribution in [2.45, 2.75) is 13.3 Å². The lowest BCUT2D eigenvalue weighted by atomic mass is 10.3. The molecule has 0 aliphatic heterocycles. The van der Waals surface area contributed by atoms with Crippen molar-refractivity contribution in [1.82, 2.24) is 10.2 Å². The van der Waals surface area contributed by atoms with Crippen LogP contribution in [0.15, 0.2) is 12.4 Å². The maximum atomic E-state index is 4.96. The average Bonchev–Trinajstić information content (AvgIpc) is 2.17. The van der Waals surface area contributed by atoms with Gasteiger partial charge in [-0.15, -0.1) is 0 Å². The Morgan fingerprint density at radius 2 is 1.85 bits per heavy atom. The number of rotatable bonds is 3. The average molecular weight is 178 g/mol. The van der Waals surface area contributed by atoms with Gasteiger partial charge in [-0.2, -0.15) is 10.2 Å². The lowest BCUT2D eigenvalue weighted by molar-refractivity contribution is 0.243. The summed E-state index contributed by atoms with van der Waals surface area (Å²) in [4.78, 5) is 0. The summed E-state index contributed by atoms with van der Waals surface area (Å²) in [6, 6.07) is 0. The first-order valence-electron chi connectivity index (χ1n) is 4.34. The van der Waals surface area contributed by atoms with Crippen LogP contribution in [0.1, 0.15) is 13.3 Å². The van der Waals surface area contributed by atoms with E-state index >= 15 is 0 Å². The zero-order valence-electron chi connectivity index (χ0n) is 8.03. The zero-order valence-corrected chi connectivity index (χ0v) is 8.03. The molecule has 0 radical (unpaired) electrons. The summed E-state index contributed by atoms with van der Waals surface area (Å²) < 4.78 is 4.96. The smallest absolute Gasteiger partial charge is 0.0653 e. The Hall–Kier alpha value is -1.22. The van der Waals surface area contributed by atoms with E-state index in [1.54, 1.807) is 19.5 Å². The first-order chi connectivity index (χ1) is 6.38. The maximum absolute atomic E-state index is 4.96. The van der Waals surface area contributed by atoms with Gasteiger partial charge in [-0.05, 0) is 17.7 Å². The number of nitrogens with zero attached hydrogens (tertiary/aromatic N) is 2. The predicted molar refractivity (Wildman–Crippen MR) is 52.4 cm³/mol. The van der Waals surface area contributed by atoms with Gasteiger partial charge in [0.1, 0.15) is 0 Å². The summed E-state index contributed by atoms with van der Waals surface area (Å²) in [5.74, 6) is 0. The van der Waals surface area contributed by atoms with E-state index in [-0.39, 0.29) is 0 Å². The molecule has 13 heavy (non-hydrogen) atoms. The molecular formula is C10H14N2O. The summed E-state index contributed by atoms with van der Waals surface area (Å²) in [6.07, 6.45) is 8.64. The van der Waals surface area contributed by atoms with Gasteiger partial charge in [0.15, 0.2) is 0 Å². The SMILES string of the molecule is CC/C=c1/cnnc/c1=C/COC. The molecule has 1 aromatic heterocycles. The Kier molecular flexibility index (Phi) is 4.12. The van der Waals surface area contributed by atoms with Crippen LogP contribution in [0.5, 0.6) is 0 Å². The fourth-order valence-corrected chi connectivity index (χ4v) is 1.07. The number of methoxy groups -OCH3 is 1. The van der Waals surface area contributed by atoms with Crippen LogP contribution in [0.2, 0.25) is 0 Å². The van der Waals surface area contributed by atoms with E-state index in [0.29, 0.717) is 6.61 Å². The van der Waals surface area contributed by atoms with E-state index in [4.69, 9.17) is 4.74 Å². The molecule has 0 bridgehead atoms. The van der Waals surface area contributed by atoms with Crippen LogP contribution in [-0.4, -0.2) is 23.9 Å². The molecule has 0 atom stereocenters. The lowest BCUT2D eigenvalue weighted by Crippen LogP contribution is -2.26. The van der Waals surface area contributed by atoms with Gasteiger partial charge in [0.2, 0.25) is 0 Å². The fraction of sp³-hybridized carbons (Fsp3) is 0.400. The monoisotopic (exact) mass is 178 g/mol. The molecule has 0 N–H and O–H groups in total. The van der Waals surface area contributed by atoms with E-state index in [2.05, 4.69) is 23.2 Å². The fourth-order valence-electron chi connectivity index (χ4n) is 1.07. The van der Waals surface area contributed by atoms with E-state index < -0.39 is 0 Å². The molecule has 1 heterocycles. The van der Waals surface area contributed by atoms with Crippen molar-refractivity contribution in [3.05, 3.63) is 22.8 Å². The molecule has 3 nitrogen and oxygen atoms in total. The Bertz CT molecular complexity index is 359. The van der Waals surface area contributed by atoms with E-state index in [1.807, 2.05) is 6.08 Å². The minimum atomic E-state index is 0.607. The van der Waals surface area contributed by atoms with Gasteiger partial charge < -0.3 is 4.74 Å². The molecule has 0 aromatic carbocycles. The van der Waals surface area contributed by atoms with Crippen LogP contribution >= 0.6 is 0 Å². The minimum absolute atomic E-state index is 0.607. The van der Waals surface area contributed by atoms with Gasteiger partial charge in [-0.3, -0.25) is 0 Å². The summed E-state index contributed by atoms with van der Waals surface area (Å²) in [5, 5.41) is 9.86. The summed E-state index contributed by atoms with van der Waals surface area (Å²) in [7, 11) is 1.67. The maximum Gasteiger partial charge on any atom is 0.0653 e. The molecule has 0 spiro atoms. The third kappa shape index (κ3) is 2.95. The molecule has 0 saturated carbocycles. The Morgan fingerprint density at radius 3 is 2.38 bits per heavy atom. The van der Waals surface area contributed by atoms with Gasteiger partial charge in [-0.25, -0.2) is 0 Å². The predicted octanol–water partition coefficient (Wildman–Crippen LogP) is 0.0940. The first-order valence-corrected chi connectivity index (χ1v) is 4.34. The highest BCUT2D eigenvalue weighted by molar-refractivity contribution is 5.28. The Balaban J connectivity index is 3.12. The molecule has 1 aromatic rings.